The summed E-state index contributed by atoms with van der Waals surface area (Å²) in [6, 6.07) is 0.446. The third kappa shape index (κ3) is 14.0. The van der Waals surface area contributed by atoms with Gasteiger partial charge in [-0.3, -0.25) is 0 Å². The van der Waals surface area contributed by atoms with Gasteiger partial charge in [0.15, 0.2) is 0 Å². The standard InChI is InChI=1S/C16H35NO/c1-2-13-16(17)14-11-9-7-5-3-4-6-8-10-12-15-18/h16,18H,2-15,17H2,1H3. The fraction of sp³-hybridized carbons (Fsp3) is 1.00. The predicted molar refractivity (Wildman–Crippen MR) is 80.8 cm³/mol. The van der Waals surface area contributed by atoms with Crippen LogP contribution in [0.5, 0.6) is 0 Å². The molecular weight excluding hydrogens is 222 g/mol. The van der Waals surface area contributed by atoms with E-state index in [4.69, 9.17) is 10.8 Å². The van der Waals surface area contributed by atoms with Gasteiger partial charge >= 0.3 is 0 Å². The van der Waals surface area contributed by atoms with Crippen LogP contribution in [-0.2, 0) is 0 Å². The van der Waals surface area contributed by atoms with Crippen molar-refractivity contribution >= 4 is 0 Å². The summed E-state index contributed by atoms with van der Waals surface area (Å²) in [6.45, 7) is 2.57. The smallest absolute Gasteiger partial charge is 0.0431 e. The monoisotopic (exact) mass is 257 g/mol. The molecule has 0 heterocycles. The molecule has 0 aromatic carbocycles. The zero-order valence-corrected chi connectivity index (χ0v) is 12.5. The molecule has 0 amide bonds. The molecule has 3 N–H and O–H groups in total. The van der Waals surface area contributed by atoms with Gasteiger partial charge in [-0.15, -0.1) is 0 Å². The van der Waals surface area contributed by atoms with Crippen LogP contribution in [-0.4, -0.2) is 17.8 Å². The van der Waals surface area contributed by atoms with Crippen LogP contribution in [0.4, 0.5) is 0 Å². The van der Waals surface area contributed by atoms with Crippen LogP contribution in [0, 0.1) is 0 Å². The van der Waals surface area contributed by atoms with Crippen molar-refractivity contribution in [1.82, 2.24) is 0 Å². The summed E-state index contributed by atoms with van der Waals surface area (Å²) in [5, 5.41) is 8.65. The summed E-state index contributed by atoms with van der Waals surface area (Å²) < 4.78 is 0. The summed E-state index contributed by atoms with van der Waals surface area (Å²) in [5.41, 5.74) is 5.99. The molecule has 0 saturated heterocycles. The van der Waals surface area contributed by atoms with Gasteiger partial charge in [-0.25, -0.2) is 0 Å². The fourth-order valence-corrected chi connectivity index (χ4v) is 2.45. The molecule has 0 spiro atoms. The topological polar surface area (TPSA) is 46.2 Å². The third-order valence-corrected chi connectivity index (χ3v) is 3.64. The molecule has 0 aromatic rings. The molecule has 0 aliphatic carbocycles. The van der Waals surface area contributed by atoms with Gasteiger partial charge in [0.25, 0.3) is 0 Å². The van der Waals surface area contributed by atoms with Crippen molar-refractivity contribution in [2.75, 3.05) is 6.61 Å². The zero-order chi connectivity index (χ0) is 13.5. The number of unbranched alkanes of at least 4 members (excludes halogenated alkanes) is 9. The first-order valence-corrected chi connectivity index (χ1v) is 8.17. The van der Waals surface area contributed by atoms with Gasteiger partial charge in [0.2, 0.25) is 0 Å². The molecule has 18 heavy (non-hydrogen) atoms. The van der Waals surface area contributed by atoms with E-state index in [2.05, 4.69) is 6.92 Å². The van der Waals surface area contributed by atoms with Crippen molar-refractivity contribution in [2.24, 2.45) is 5.73 Å². The van der Waals surface area contributed by atoms with E-state index in [9.17, 15) is 0 Å². The Morgan fingerprint density at radius 2 is 1.17 bits per heavy atom. The molecule has 0 radical (unpaired) electrons. The molecule has 0 aliphatic rings. The van der Waals surface area contributed by atoms with Gasteiger partial charge in [-0.1, -0.05) is 71.1 Å². The highest BCUT2D eigenvalue weighted by Crippen LogP contribution is 2.12. The van der Waals surface area contributed by atoms with E-state index in [1.54, 1.807) is 0 Å². The van der Waals surface area contributed by atoms with Crippen LogP contribution in [0.2, 0.25) is 0 Å². The van der Waals surface area contributed by atoms with E-state index in [1.807, 2.05) is 0 Å². The summed E-state index contributed by atoms with van der Waals surface area (Å²) in [4.78, 5) is 0. The number of hydrogen-bond donors (Lipinski definition) is 2. The minimum atomic E-state index is 0.361. The van der Waals surface area contributed by atoms with Gasteiger partial charge in [0.1, 0.15) is 0 Å². The fourth-order valence-electron chi connectivity index (χ4n) is 2.45. The van der Waals surface area contributed by atoms with Crippen LogP contribution in [0.3, 0.4) is 0 Å². The second-order valence-corrected chi connectivity index (χ2v) is 5.60. The van der Waals surface area contributed by atoms with E-state index in [1.165, 1.54) is 77.0 Å². The SMILES string of the molecule is CCCC(N)CCCCCCCCCCCCO. The van der Waals surface area contributed by atoms with Crippen molar-refractivity contribution in [3.63, 3.8) is 0 Å². The van der Waals surface area contributed by atoms with Crippen molar-refractivity contribution < 1.29 is 5.11 Å². The second-order valence-electron chi connectivity index (χ2n) is 5.60. The third-order valence-electron chi connectivity index (χ3n) is 3.64. The molecule has 110 valence electrons. The Kier molecular flexibility index (Phi) is 14.9. The van der Waals surface area contributed by atoms with E-state index < -0.39 is 0 Å². The number of rotatable bonds is 14. The Balaban J connectivity index is 2.98. The lowest BCUT2D eigenvalue weighted by atomic mass is 10.0. The highest BCUT2D eigenvalue weighted by Gasteiger charge is 2.00. The van der Waals surface area contributed by atoms with Gasteiger partial charge < -0.3 is 10.8 Å². The molecule has 1 unspecified atom stereocenters. The van der Waals surface area contributed by atoms with Crippen LogP contribution in [0.15, 0.2) is 0 Å². The Bertz CT molecular complexity index is 150. The highest BCUT2D eigenvalue weighted by atomic mass is 16.2. The van der Waals surface area contributed by atoms with E-state index in [0.717, 1.165) is 6.42 Å². The summed E-state index contributed by atoms with van der Waals surface area (Å²) in [6.07, 6.45) is 16.7. The van der Waals surface area contributed by atoms with Crippen molar-refractivity contribution in [2.45, 2.75) is 96.4 Å². The van der Waals surface area contributed by atoms with Crippen LogP contribution >= 0.6 is 0 Å². The molecule has 0 fully saturated rings. The van der Waals surface area contributed by atoms with Crippen LogP contribution in [0.1, 0.15) is 90.4 Å². The quantitative estimate of drug-likeness (QED) is 0.453. The number of aliphatic hydroxyl groups is 1. The van der Waals surface area contributed by atoms with Gasteiger partial charge in [-0.05, 0) is 19.3 Å². The molecule has 0 bridgehead atoms. The van der Waals surface area contributed by atoms with E-state index >= 15 is 0 Å². The Morgan fingerprint density at radius 1 is 0.722 bits per heavy atom. The minimum Gasteiger partial charge on any atom is -0.396 e. The van der Waals surface area contributed by atoms with Crippen molar-refractivity contribution in [3.8, 4) is 0 Å². The zero-order valence-electron chi connectivity index (χ0n) is 12.5. The molecule has 0 saturated carbocycles. The second kappa shape index (κ2) is 15.0. The summed E-state index contributed by atoms with van der Waals surface area (Å²) in [5.74, 6) is 0. The first kappa shape index (κ1) is 17.9. The Labute approximate surface area is 114 Å². The molecule has 2 nitrogen and oxygen atoms in total. The normalized spacial score (nSPS) is 12.8. The predicted octanol–water partition coefficient (Wildman–Crippen LogP) is 4.40. The lowest BCUT2D eigenvalue weighted by molar-refractivity contribution is 0.282. The van der Waals surface area contributed by atoms with Crippen LogP contribution in [0.25, 0.3) is 0 Å². The largest absolute Gasteiger partial charge is 0.396 e. The van der Waals surface area contributed by atoms with Gasteiger partial charge in [0.05, 0.1) is 0 Å². The maximum atomic E-state index is 8.65. The van der Waals surface area contributed by atoms with Crippen LogP contribution < -0.4 is 5.73 Å². The lowest BCUT2D eigenvalue weighted by Crippen LogP contribution is -2.18. The first-order valence-electron chi connectivity index (χ1n) is 8.17. The number of nitrogens with two attached hydrogens (primary N) is 1. The molecule has 2 heteroatoms. The van der Waals surface area contributed by atoms with E-state index in [-0.39, 0.29) is 0 Å². The molecule has 0 rings (SSSR count). The number of hydrogen-bond acceptors (Lipinski definition) is 2. The summed E-state index contributed by atoms with van der Waals surface area (Å²) >= 11 is 0. The maximum absolute atomic E-state index is 8.65. The molecular formula is C16H35NO. The Hall–Kier alpha value is -0.0800. The first-order chi connectivity index (χ1) is 8.81. The van der Waals surface area contributed by atoms with Crippen molar-refractivity contribution in [3.05, 3.63) is 0 Å². The van der Waals surface area contributed by atoms with E-state index in [0.29, 0.717) is 12.6 Å². The average molecular weight is 257 g/mol. The van der Waals surface area contributed by atoms with Gasteiger partial charge in [-0.2, -0.15) is 0 Å². The number of aliphatic hydroxyl groups excluding tert-OH is 1. The Morgan fingerprint density at radius 3 is 1.61 bits per heavy atom. The summed E-state index contributed by atoms with van der Waals surface area (Å²) in [7, 11) is 0. The molecule has 0 aliphatic heterocycles. The van der Waals surface area contributed by atoms with Gasteiger partial charge in [0, 0.05) is 12.6 Å². The molecule has 1 atom stereocenters. The maximum Gasteiger partial charge on any atom is 0.0431 e. The average Bonchev–Trinajstić information content (AvgIpc) is 2.36. The lowest BCUT2D eigenvalue weighted by Gasteiger charge is -2.09. The van der Waals surface area contributed by atoms with Crippen molar-refractivity contribution in [1.29, 1.82) is 0 Å². The highest BCUT2D eigenvalue weighted by molar-refractivity contribution is 4.60. The molecule has 0 aromatic heterocycles. The minimum absolute atomic E-state index is 0.361.